The van der Waals surface area contributed by atoms with E-state index in [9.17, 15) is 35.9 Å². The van der Waals surface area contributed by atoms with E-state index in [0.717, 1.165) is 6.42 Å². The molecule has 0 amide bonds. The molecule has 4 saturated carbocycles. The number of carbonyl (C=O) groups is 2. The Bertz CT molecular complexity index is 698. The Hall–Kier alpha value is -1.74. The van der Waals surface area contributed by atoms with Crippen molar-refractivity contribution >= 4 is 11.9 Å². The van der Waals surface area contributed by atoms with E-state index in [-0.39, 0.29) is 23.8 Å². The van der Waals surface area contributed by atoms with Crippen LogP contribution >= 0.6 is 0 Å². The van der Waals surface area contributed by atoms with Crippen LogP contribution in [0.3, 0.4) is 0 Å². The van der Waals surface area contributed by atoms with Gasteiger partial charge in [0.1, 0.15) is 5.60 Å². The Labute approximate surface area is 170 Å². The van der Waals surface area contributed by atoms with Gasteiger partial charge in [0.25, 0.3) is 0 Å². The first kappa shape index (κ1) is 22.9. The number of hydrogen-bond donors (Lipinski definition) is 0. The van der Waals surface area contributed by atoms with Gasteiger partial charge < -0.3 is 9.47 Å². The van der Waals surface area contributed by atoms with Crippen molar-refractivity contribution < 1.29 is 45.4 Å². The van der Waals surface area contributed by atoms with Gasteiger partial charge in [-0.2, -0.15) is 26.3 Å². The molecule has 10 heteroatoms. The van der Waals surface area contributed by atoms with E-state index in [2.05, 4.69) is 6.58 Å². The second kappa shape index (κ2) is 7.44. The van der Waals surface area contributed by atoms with Gasteiger partial charge in [-0.3, -0.25) is 4.79 Å². The van der Waals surface area contributed by atoms with Crippen molar-refractivity contribution in [1.29, 1.82) is 0 Å². The third-order valence-electron chi connectivity index (χ3n) is 6.53. The van der Waals surface area contributed by atoms with Crippen LogP contribution in [-0.4, -0.2) is 36.5 Å². The van der Waals surface area contributed by atoms with Crippen molar-refractivity contribution in [2.24, 2.45) is 23.2 Å². The molecule has 30 heavy (non-hydrogen) atoms. The quantitative estimate of drug-likeness (QED) is 0.326. The van der Waals surface area contributed by atoms with Gasteiger partial charge in [0.15, 0.2) is 5.92 Å². The van der Waals surface area contributed by atoms with Gasteiger partial charge in [-0.05, 0) is 50.9 Å². The van der Waals surface area contributed by atoms with Crippen LogP contribution in [-0.2, 0) is 19.1 Å². The summed E-state index contributed by atoms with van der Waals surface area (Å²) in [6.45, 7) is 4.08. The largest absolute Gasteiger partial charge is 0.465 e. The van der Waals surface area contributed by atoms with E-state index in [1.165, 1.54) is 6.92 Å². The van der Waals surface area contributed by atoms with Crippen LogP contribution in [0.2, 0.25) is 0 Å². The molecule has 0 aliphatic heterocycles. The Morgan fingerprint density at radius 1 is 1.03 bits per heavy atom. The van der Waals surface area contributed by atoms with E-state index in [1.807, 2.05) is 0 Å². The summed E-state index contributed by atoms with van der Waals surface area (Å²) < 4.78 is 86.7. The minimum atomic E-state index is -5.47. The predicted octanol–water partition coefficient (Wildman–Crippen LogP) is 5.12. The fourth-order valence-corrected chi connectivity index (χ4v) is 5.76. The highest BCUT2D eigenvalue weighted by Gasteiger charge is 2.63. The average molecular weight is 442 g/mol. The number of carbonyl (C=O) groups excluding carboxylic acids is 2. The van der Waals surface area contributed by atoms with E-state index in [4.69, 9.17) is 9.47 Å². The zero-order chi connectivity index (χ0) is 22.5. The van der Waals surface area contributed by atoms with Crippen molar-refractivity contribution in [3.05, 3.63) is 12.2 Å². The molecule has 4 aliphatic carbocycles. The molecule has 0 aromatic heterocycles. The summed E-state index contributed by atoms with van der Waals surface area (Å²) in [5, 5.41) is 0. The summed E-state index contributed by atoms with van der Waals surface area (Å²) in [4.78, 5) is 24.9. The van der Waals surface area contributed by atoms with Crippen molar-refractivity contribution in [3.8, 4) is 0 Å². The van der Waals surface area contributed by atoms with Crippen molar-refractivity contribution in [2.45, 2.75) is 69.8 Å². The number of ether oxygens (including phenoxy) is 2. The molecule has 4 aliphatic rings. The van der Waals surface area contributed by atoms with Crippen LogP contribution in [0.25, 0.3) is 0 Å². The van der Waals surface area contributed by atoms with Crippen LogP contribution in [0.5, 0.6) is 0 Å². The molecule has 2 atom stereocenters. The van der Waals surface area contributed by atoms with E-state index in [1.54, 1.807) is 0 Å². The maximum atomic E-state index is 12.8. The second-order valence-electron chi connectivity index (χ2n) is 9.15. The summed E-state index contributed by atoms with van der Waals surface area (Å²) in [6.07, 6.45) is -9.23. The summed E-state index contributed by atoms with van der Waals surface area (Å²) in [7, 11) is 0. The van der Waals surface area contributed by atoms with Crippen molar-refractivity contribution in [3.63, 3.8) is 0 Å². The van der Waals surface area contributed by atoms with Crippen LogP contribution in [0.4, 0.5) is 26.3 Å². The van der Waals surface area contributed by atoms with Crippen molar-refractivity contribution in [2.75, 3.05) is 6.61 Å². The van der Waals surface area contributed by atoms with E-state index < -0.39 is 54.3 Å². The highest BCUT2D eigenvalue weighted by Crippen LogP contribution is 2.63. The zero-order valence-electron chi connectivity index (χ0n) is 16.5. The Morgan fingerprint density at radius 2 is 1.57 bits per heavy atom. The molecule has 0 N–H and O–H groups in total. The number of alkyl halides is 6. The van der Waals surface area contributed by atoms with Gasteiger partial charge in [-0.25, -0.2) is 4.79 Å². The molecule has 4 nitrogen and oxygen atoms in total. The number of halogens is 6. The number of hydrogen-bond acceptors (Lipinski definition) is 4. The first-order valence-electron chi connectivity index (χ1n) is 9.85. The van der Waals surface area contributed by atoms with Gasteiger partial charge in [-0.15, -0.1) is 0 Å². The minimum Gasteiger partial charge on any atom is -0.465 e. The van der Waals surface area contributed by atoms with Gasteiger partial charge >= 0.3 is 24.3 Å². The fourth-order valence-electron chi connectivity index (χ4n) is 5.76. The van der Waals surface area contributed by atoms with E-state index in [0.29, 0.717) is 25.7 Å². The van der Waals surface area contributed by atoms with Gasteiger partial charge in [0.05, 0.1) is 12.0 Å². The molecule has 0 aromatic carbocycles. The first-order chi connectivity index (χ1) is 13.7. The molecule has 0 aromatic rings. The average Bonchev–Trinajstić information content (AvgIpc) is 2.54. The van der Waals surface area contributed by atoms with Gasteiger partial charge in [-0.1, -0.05) is 6.58 Å². The van der Waals surface area contributed by atoms with E-state index >= 15 is 0 Å². The summed E-state index contributed by atoms with van der Waals surface area (Å²) >= 11 is 0. The third kappa shape index (κ3) is 4.46. The van der Waals surface area contributed by atoms with Gasteiger partial charge in [0.2, 0.25) is 0 Å². The Morgan fingerprint density at radius 3 is 2.03 bits per heavy atom. The summed E-state index contributed by atoms with van der Waals surface area (Å²) in [5.74, 6) is -4.73. The lowest BCUT2D eigenvalue weighted by Gasteiger charge is -2.59. The maximum absolute atomic E-state index is 12.8. The number of rotatable bonds is 6. The Kier molecular flexibility index (Phi) is 5.69. The summed E-state index contributed by atoms with van der Waals surface area (Å²) in [6, 6.07) is 0. The second-order valence-corrected chi connectivity index (χ2v) is 9.15. The molecule has 4 rings (SSSR count). The monoisotopic (exact) mass is 442 g/mol. The molecule has 0 heterocycles. The third-order valence-corrected chi connectivity index (χ3v) is 6.53. The fraction of sp³-hybridized carbons (Fsp3) is 0.800. The highest BCUT2D eigenvalue weighted by atomic mass is 19.4. The van der Waals surface area contributed by atoms with Crippen LogP contribution < -0.4 is 0 Å². The lowest BCUT2D eigenvalue weighted by atomic mass is 9.48. The maximum Gasteiger partial charge on any atom is 0.400 e. The lowest BCUT2D eigenvalue weighted by Crippen LogP contribution is -2.60. The molecular weight excluding hydrogens is 418 g/mol. The van der Waals surface area contributed by atoms with Crippen molar-refractivity contribution in [1.82, 2.24) is 0 Å². The van der Waals surface area contributed by atoms with Crippen LogP contribution in [0, 0.1) is 23.2 Å². The number of esters is 2. The molecule has 0 radical (unpaired) electrons. The molecule has 0 saturated heterocycles. The normalized spacial score (nSPS) is 32.9. The molecule has 170 valence electrons. The Balaban J connectivity index is 1.68. The highest BCUT2D eigenvalue weighted by molar-refractivity contribution is 5.87. The predicted molar refractivity (Wildman–Crippen MR) is 91.9 cm³/mol. The molecule has 2 unspecified atom stereocenters. The smallest absolute Gasteiger partial charge is 0.400 e. The van der Waals surface area contributed by atoms with Gasteiger partial charge in [0, 0.05) is 18.4 Å². The first-order valence-corrected chi connectivity index (χ1v) is 9.85. The minimum absolute atomic E-state index is 0.0924. The lowest BCUT2D eigenvalue weighted by molar-refractivity contribution is -0.287. The molecule has 4 fully saturated rings. The summed E-state index contributed by atoms with van der Waals surface area (Å²) in [5.41, 5.74) is -1.68. The zero-order valence-corrected chi connectivity index (χ0v) is 16.5. The standard InChI is InChI=1S/C20H24F6O4/c1-11(2)15(27)30-18-8-12-5-13(9-18)7-17(6-12,10-18)16(28)29-4-3-14(19(21,22)23)20(24,25)26/h12-14H,1,3-10H2,2H3. The molecular formula is C20H24F6O4. The molecule has 0 spiro atoms. The SMILES string of the molecule is C=C(C)C(=O)OC12CC3CC(C1)CC(C(=O)OCCC(C(F)(F)F)C(F)(F)F)(C3)C2. The topological polar surface area (TPSA) is 52.6 Å². The molecule has 4 bridgehead atoms. The van der Waals surface area contributed by atoms with Crippen LogP contribution in [0.15, 0.2) is 12.2 Å². The van der Waals surface area contributed by atoms with Crippen LogP contribution in [0.1, 0.15) is 51.9 Å².